The van der Waals surface area contributed by atoms with Crippen molar-refractivity contribution < 1.29 is 9.90 Å². The summed E-state index contributed by atoms with van der Waals surface area (Å²) in [5, 5.41) is 8.58. The maximum absolute atomic E-state index is 10.4. The molecular weight excluding hydrogens is 356 g/mol. The second kappa shape index (κ2) is 25.2. The quantitative estimate of drug-likeness (QED) is 0.127. The van der Waals surface area contributed by atoms with Gasteiger partial charge in [0, 0.05) is 6.42 Å². The van der Waals surface area contributed by atoms with E-state index in [1.165, 1.54) is 128 Å². The van der Waals surface area contributed by atoms with E-state index in [4.69, 9.17) is 5.11 Å². The lowest BCUT2D eigenvalue weighted by Gasteiger charge is -2.03. The van der Waals surface area contributed by atoms with Gasteiger partial charge in [-0.05, 0) is 32.1 Å². The fourth-order valence-corrected chi connectivity index (χ4v) is 3.94. The van der Waals surface area contributed by atoms with Crippen LogP contribution in [0.25, 0.3) is 0 Å². The van der Waals surface area contributed by atoms with E-state index in [0.29, 0.717) is 6.42 Å². The van der Waals surface area contributed by atoms with E-state index in [-0.39, 0.29) is 0 Å². The first-order chi connectivity index (χ1) is 14.3. The van der Waals surface area contributed by atoms with Crippen molar-refractivity contribution in [2.75, 3.05) is 0 Å². The summed E-state index contributed by atoms with van der Waals surface area (Å²) in [6.45, 7) is 2.29. The molecule has 0 aliphatic rings. The van der Waals surface area contributed by atoms with E-state index in [1.807, 2.05) is 0 Å². The molecular formula is C27H52O2. The molecule has 172 valence electrons. The molecule has 0 saturated carbocycles. The zero-order valence-corrected chi connectivity index (χ0v) is 19.8. The molecule has 0 aliphatic carbocycles. The van der Waals surface area contributed by atoms with E-state index in [1.54, 1.807) is 0 Å². The Bertz CT molecular complexity index is 348. The van der Waals surface area contributed by atoms with Gasteiger partial charge in [-0.15, -0.1) is 0 Å². The zero-order valence-electron chi connectivity index (χ0n) is 19.8. The summed E-state index contributed by atoms with van der Waals surface area (Å²) in [7, 11) is 0. The van der Waals surface area contributed by atoms with Crippen molar-refractivity contribution in [2.24, 2.45) is 0 Å². The number of carboxylic acids is 1. The first kappa shape index (κ1) is 28.2. The van der Waals surface area contributed by atoms with Crippen molar-refractivity contribution >= 4 is 5.97 Å². The molecule has 0 radical (unpaired) electrons. The molecule has 1 N–H and O–H groups in total. The van der Waals surface area contributed by atoms with Crippen LogP contribution in [0.2, 0.25) is 0 Å². The third-order valence-corrected chi connectivity index (χ3v) is 5.90. The van der Waals surface area contributed by atoms with E-state index in [0.717, 1.165) is 12.8 Å². The average Bonchev–Trinajstić information content (AvgIpc) is 2.71. The van der Waals surface area contributed by atoms with Crippen LogP contribution >= 0.6 is 0 Å². The molecule has 2 heteroatoms. The minimum Gasteiger partial charge on any atom is -0.481 e. The van der Waals surface area contributed by atoms with Crippen molar-refractivity contribution in [3.8, 4) is 0 Å². The molecule has 0 aliphatic heterocycles. The molecule has 0 atom stereocenters. The molecule has 0 aromatic carbocycles. The highest BCUT2D eigenvalue weighted by atomic mass is 16.4. The highest BCUT2D eigenvalue weighted by molar-refractivity contribution is 5.66. The molecule has 0 amide bonds. The van der Waals surface area contributed by atoms with Crippen molar-refractivity contribution in [3.05, 3.63) is 12.2 Å². The molecule has 0 spiro atoms. The van der Waals surface area contributed by atoms with Crippen LogP contribution in [0.15, 0.2) is 12.2 Å². The number of hydrogen-bond acceptors (Lipinski definition) is 1. The van der Waals surface area contributed by atoms with Gasteiger partial charge in [-0.2, -0.15) is 0 Å². The van der Waals surface area contributed by atoms with Crippen LogP contribution in [0, 0.1) is 0 Å². The van der Waals surface area contributed by atoms with Crippen LogP contribution in [0.3, 0.4) is 0 Å². The van der Waals surface area contributed by atoms with Crippen molar-refractivity contribution in [3.63, 3.8) is 0 Å². The Morgan fingerprint density at radius 1 is 0.517 bits per heavy atom. The predicted octanol–water partition coefficient (Wildman–Crippen LogP) is 9.62. The van der Waals surface area contributed by atoms with Gasteiger partial charge in [-0.25, -0.2) is 0 Å². The van der Waals surface area contributed by atoms with Gasteiger partial charge in [0.1, 0.15) is 0 Å². The smallest absolute Gasteiger partial charge is 0.303 e. The van der Waals surface area contributed by atoms with Crippen LogP contribution < -0.4 is 0 Å². The lowest BCUT2D eigenvalue weighted by atomic mass is 10.0. The number of rotatable bonds is 24. The fourth-order valence-electron chi connectivity index (χ4n) is 3.94. The van der Waals surface area contributed by atoms with Crippen molar-refractivity contribution in [2.45, 2.75) is 155 Å². The number of carbonyl (C=O) groups is 1. The number of aliphatic carboxylic acids is 1. The number of unbranched alkanes of at least 4 members (excludes halogenated alkanes) is 20. The van der Waals surface area contributed by atoms with Crippen LogP contribution in [0.1, 0.15) is 155 Å². The minimum atomic E-state index is -0.658. The number of carboxylic acid groups (broad SMARTS) is 1. The van der Waals surface area contributed by atoms with Crippen molar-refractivity contribution in [1.82, 2.24) is 0 Å². The Labute approximate surface area is 182 Å². The predicted molar refractivity (Wildman–Crippen MR) is 129 cm³/mol. The maximum Gasteiger partial charge on any atom is 0.303 e. The van der Waals surface area contributed by atoms with Gasteiger partial charge < -0.3 is 5.11 Å². The normalized spacial score (nSPS) is 11.5. The Kier molecular flexibility index (Phi) is 24.6. The molecule has 0 heterocycles. The lowest BCUT2D eigenvalue weighted by molar-refractivity contribution is -0.137. The van der Waals surface area contributed by atoms with E-state index < -0.39 is 5.97 Å². The molecule has 0 fully saturated rings. The van der Waals surface area contributed by atoms with Gasteiger partial charge in [0.15, 0.2) is 0 Å². The average molecular weight is 409 g/mol. The molecule has 0 bridgehead atoms. The minimum absolute atomic E-state index is 0.335. The van der Waals surface area contributed by atoms with Crippen LogP contribution in [-0.2, 0) is 4.79 Å². The van der Waals surface area contributed by atoms with Gasteiger partial charge in [-0.3, -0.25) is 4.79 Å². The number of allylic oxidation sites excluding steroid dienone is 2. The highest BCUT2D eigenvalue weighted by Gasteiger charge is 1.96. The van der Waals surface area contributed by atoms with Crippen LogP contribution in [-0.4, -0.2) is 11.1 Å². The standard InChI is InChI=1S/C27H52O2/c1-2-3-4-5-6-7-8-9-10-11-12-13-14-15-16-17-18-19-20-21-22-23-24-25-26-27(28)29/h17-18H,2-16,19-26H2,1H3,(H,28,29). The molecule has 0 aromatic heterocycles. The van der Waals surface area contributed by atoms with Gasteiger partial charge in [0.25, 0.3) is 0 Å². The third-order valence-electron chi connectivity index (χ3n) is 5.90. The van der Waals surface area contributed by atoms with Gasteiger partial charge >= 0.3 is 5.97 Å². The van der Waals surface area contributed by atoms with E-state index in [2.05, 4.69) is 19.1 Å². The SMILES string of the molecule is CCCCCCCCCCCCCCCCC=CCCCCCCCCC(=O)O. The maximum atomic E-state index is 10.4. The summed E-state index contributed by atoms with van der Waals surface area (Å²) in [4.78, 5) is 10.4. The Morgan fingerprint density at radius 3 is 1.17 bits per heavy atom. The highest BCUT2D eigenvalue weighted by Crippen LogP contribution is 2.14. The third kappa shape index (κ3) is 27.2. The Morgan fingerprint density at radius 2 is 0.828 bits per heavy atom. The molecule has 0 aromatic rings. The van der Waals surface area contributed by atoms with Gasteiger partial charge in [-0.1, -0.05) is 128 Å². The molecule has 29 heavy (non-hydrogen) atoms. The molecule has 0 saturated heterocycles. The lowest BCUT2D eigenvalue weighted by Crippen LogP contribution is -1.93. The second-order valence-corrected chi connectivity index (χ2v) is 8.91. The number of hydrogen-bond donors (Lipinski definition) is 1. The van der Waals surface area contributed by atoms with Crippen LogP contribution in [0.4, 0.5) is 0 Å². The van der Waals surface area contributed by atoms with Gasteiger partial charge in [0.05, 0.1) is 0 Å². The molecule has 2 nitrogen and oxygen atoms in total. The summed E-state index contributed by atoms with van der Waals surface area (Å²) in [5.41, 5.74) is 0. The Hall–Kier alpha value is -0.790. The Balaban J connectivity index is 3.07. The first-order valence-corrected chi connectivity index (χ1v) is 13.1. The van der Waals surface area contributed by atoms with Crippen LogP contribution in [0.5, 0.6) is 0 Å². The fraction of sp³-hybridized carbons (Fsp3) is 0.889. The zero-order chi connectivity index (χ0) is 21.3. The topological polar surface area (TPSA) is 37.3 Å². The summed E-state index contributed by atoms with van der Waals surface area (Å²) >= 11 is 0. The van der Waals surface area contributed by atoms with Gasteiger partial charge in [0.2, 0.25) is 0 Å². The molecule has 0 unspecified atom stereocenters. The first-order valence-electron chi connectivity index (χ1n) is 13.1. The summed E-state index contributed by atoms with van der Waals surface area (Å²) < 4.78 is 0. The largest absolute Gasteiger partial charge is 0.481 e. The molecule has 0 rings (SSSR count). The van der Waals surface area contributed by atoms with E-state index >= 15 is 0 Å². The monoisotopic (exact) mass is 408 g/mol. The summed E-state index contributed by atoms with van der Waals surface area (Å²) in [6.07, 6.45) is 34.5. The second-order valence-electron chi connectivity index (χ2n) is 8.91. The summed E-state index contributed by atoms with van der Waals surface area (Å²) in [6, 6.07) is 0. The summed E-state index contributed by atoms with van der Waals surface area (Å²) in [5.74, 6) is -0.658. The van der Waals surface area contributed by atoms with Crippen molar-refractivity contribution in [1.29, 1.82) is 0 Å². The van der Waals surface area contributed by atoms with E-state index in [9.17, 15) is 4.79 Å².